The van der Waals surface area contributed by atoms with Crippen LogP contribution < -0.4 is 0 Å². The summed E-state index contributed by atoms with van der Waals surface area (Å²) in [5, 5.41) is 38.9. The lowest BCUT2D eigenvalue weighted by molar-refractivity contribution is -0.0601. The van der Waals surface area contributed by atoms with E-state index in [1.54, 1.807) is 0 Å². The number of hydrogen-bond donors (Lipinski definition) is 4. The first-order chi connectivity index (χ1) is 8.47. The van der Waals surface area contributed by atoms with Gasteiger partial charge in [0.1, 0.15) is 0 Å². The molecule has 7 unspecified atom stereocenters. The van der Waals surface area contributed by atoms with Gasteiger partial charge in [0.15, 0.2) is 0 Å². The molecule has 0 heterocycles. The topological polar surface area (TPSA) is 80.9 Å². The Morgan fingerprint density at radius 2 is 1.44 bits per heavy atom. The van der Waals surface area contributed by atoms with Crippen molar-refractivity contribution in [1.82, 2.24) is 0 Å². The molecule has 2 aliphatic rings. The molecule has 2 aliphatic carbocycles. The molecule has 0 spiro atoms. The van der Waals surface area contributed by atoms with Gasteiger partial charge < -0.3 is 20.4 Å². The quantitative estimate of drug-likeness (QED) is 0.587. The van der Waals surface area contributed by atoms with Gasteiger partial charge in [0.05, 0.1) is 24.4 Å². The normalized spacial score (nSPS) is 50.2. The lowest BCUT2D eigenvalue weighted by Crippen LogP contribution is -2.40. The third-order valence-electron chi connectivity index (χ3n) is 4.94. The minimum atomic E-state index is -0.613. The van der Waals surface area contributed by atoms with Crippen molar-refractivity contribution >= 4 is 0 Å². The van der Waals surface area contributed by atoms with Crippen LogP contribution in [0.2, 0.25) is 0 Å². The number of rotatable bonds is 2. The summed E-state index contributed by atoms with van der Waals surface area (Å²) in [6.07, 6.45) is 2.34. The monoisotopic (exact) mass is 258 g/mol. The molecule has 0 amide bonds. The maximum Gasteiger partial charge on any atom is 0.0802 e. The highest BCUT2D eigenvalue weighted by Gasteiger charge is 2.36. The minimum absolute atomic E-state index is 0.239. The molecule has 0 aromatic rings. The summed E-state index contributed by atoms with van der Waals surface area (Å²) in [6, 6.07) is 0. The summed E-state index contributed by atoms with van der Waals surface area (Å²) >= 11 is 0. The van der Waals surface area contributed by atoms with E-state index in [-0.39, 0.29) is 12.0 Å². The van der Waals surface area contributed by atoms with Gasteiger partial charge in [0, 0.05) is 0 Å². The molecule has 0 radical (unpaired) electrons. The molecule has 4 nitrogen and oxygen atoms in total. The Hall–Kier alpha value is -0.160. The SMILES string of the molecule is CC1CC(O)C(O)CC1CC1CCC(O)CC1O. The lowest BCUT2D eigenvalue weighted by Gasteiger charge is -2.39. The molecular weight excluding hydrogens is 232 g/mol. The van der Waals surface area contributed by atoms with Crippen molar-refractivity contribution in [1.29, 1.82) is 0 Å². The number of hydrogen-bond acceptors (Lipinski definition) is 4. The minimum Gasteiger partial charge on any atom is -0.393 e. The average molecular weight is 258 g/mol. The van der Waals surface area contributed by atoms with Gasteiger partial charge in [-0.2, -0.15) is 0 Å². The third-order valence-corrected chi connectivity index (χ3v) is 4.94. The molecule has 2 fully saturated rings. The molecule has 0 aromatic carbocycles. The van der Waals surface area contributed by atoms with Crippen LogP contribution in [0.3, 0.4) is 0 Å². The van der Waals surface area contributed by atoms with E-state index >= 15 is 0 Å². The summed E-state index contributed by atoms with van der Waals surface area (Å²) in [4.78, 5) is 0. The summed E-state index contributed by atoms with van der Waals surface area (Å²) in [5.41, 5.74) is 0. The molecule has 18 heavy (non-hydrogen) atoms. The van der Waals surface area contributed by atoms with Crippen molar-refractivity contribution in [3.8, 4) is 0 Å². The summed E-state index contributed by atoms with van der Waals surface area (Å²) < 4.78 is 0. The van der Waals surface area contributed by atoms with Crippen LogP contribution in [0.25, 0.3) is 0 Å². The van der Waals surface area contributed by atoms with E-state index in [0.717, 1.165) is 19.3 Å². The Balaban J connectivity index is 1.88. The van der Waals surface area contributed by atoms with Crippen molar-refractivity contribution < 1.29 is 20.4 Å². The van der Waals surface area contributed by atoms with Gasteiger partial charge in [-0.05, 0) is 56.3 Å². The summed E-state index contributed by atoms with van der Waals surface area (Å²) in [6.45, 7) is 2.11. The van der Waals surface area contributed by atoms with Gasteiger partial charge >= 0.3 is 0 Å². The molecule has 0 aromatic heterocycles. The molecule has 7 atom stereocenters. The highest BCUT2D eigenvalue weighted by molar-refractivity contribution is 4.88. The van der Waals surface area contributed by atoms with Gasteiger partial charge in [-0.1, -0.05) is 6.92 Å². The average Bonchev–Trinajstić information content (AvgIpc) is 2.29. The zero-order chi connectivity index (χ0) is 13.3. The fourth-order valence-electron chi connectivity index (χ4n) is 3.61. The first-order valence-electron chi connectivity index (χ1n) is 7.19. The van der Waals surface area contributed by atoms with Crippen molar-refractivity contribution in [2.75, 3.05) is 0 Å². The molecule has 2 saturated carbocycles. The second-order valence-corrected chi connectivity index (χ2v) is 6.37. The van der Waals surface area contributed by atoms with Gasteiger partial charge in [-0.25, -0.2) is 0 Å². The predicted molar refractivity (Wildman–Crippen MR) is 67.9 cm³/mol. The molecule has 2 rings (SSSR count). The van der Waals surface area contributed by atoms with E-state index in [4.69, 9.17) is 0 Å². The van der Waals surface area contributed by atoms with Crippen LogP contribution in [-0.4, -0.2) is 44.8 Å². The first kappa shape index (κ1) is 14.3. The second-order valence-electron chi connectivity index (χ2n) is 6.37. The van der Waals surface area contributed by atoms with Crippen molar-refractivity contribution in [2.45, 2.75) is 69.9 Å². The predicted octanol–water partition coefficient (Wildman–Crippen LogP) is 0.666. The fourth-order valence-corrected chi connectivity index (χ4v) is 3.61. The smallest absolute Gasteiger partial charge is 0.0802 e. The van der Waals surface area contributed by atoms with Crippen LogP contribution in [0, 0.1) is 17.8 Å². The zero-order valence-electron chi connectivity index (χ0n) is 11.1. The van der Waals surface area contributed by atoms with Crippen LogP contribution in [0.5, 0.6) is 0 Å². The standard InChI is InChI=1S/C14H26O4/c1-8-4-13(17)14(18)6-10(8)5-9-2-3-11(15)7-12(9)16/h8-18H,2-7H2,1H3. The largest absolute Gasteiger partial charge is 0.393 e. The van der Waals surface area contributed by atoms with E-state index in [1.807, 2.05) is 0 Å². The van der Waals surface area contributed by atoms with Crippen LogP contribution in [-0.2, 0) is 0 Å². The molecule has 106 valence electrons. The highest BCUT2D eigenvalue weighted by Crippen LogP contribution is 2.38. The van der Waals surface area contributed by atoms with Crippen LogP contribution >= 0.6 is 0 Å². The fraction of sp³-hybridized carbons (Fsp3) is 1.00. The Labute approximate surface area is 109 Å². The Kier molecular flexibility index (Phi) is 4.64. The first-order valence-corrected chi connectivity index (χ1v) is 7.19. The molecule has 0 aliphatic heterocycles. The Morgan fingerprint density at radius 1 is 0.778 bits per heavy atom. The molecular formula is C14H26O4. The van der Waals surface area contributed by atoms with Crippen LogP contribution in [0.15, 0.2) is 0 Å². The van der Waals surface area contributed by atoms with Gasteiger partial charge in [0.2, 0.25) is 0 Å². The third kappa shape index (κ3) is 3.23. The maximum absolute atomic E-state index is 10.0. The van der Waals surface area contributed by atoms with Gasteiger partial charge in [-0.15, -0.1) is 0 Å². The molecule has 4 N–H and O–H groups in total. The molecule has 0 saturated heterocycles. The molecule has 0 bridgehead atoms. The van der Waals surface area contributed by atoms with Crippen molar-refractivity contribution in [2.24, 2.45) is 17.8 Å². The van der Waals surface area contributed by atoms with E-state index in [2.05, 4.69) is 6.92 Å². The van der Waals surface area contributed by atoms with Crippen molar-refractivity contribution in [3.63, 3.8) is 0 Å². The summed E-state index contributed by atoms with van der Waals surface area (Å²) in [5.74, 6) is 1.00. The van der Waals surface area contributed by atoms with Gasteiger partial charge in [-0.3, -0.25) is 0 Å². The highest BCUT2D eigenvalue weighted by atomic mass is 16.3. The zero-order valence-corrected chi connectivity index (χ0v) is 11.1. The summed E-state index contributed by atoms with van der Waals surface area (Å²) in [7, 11) is 0. The Morgan fingerprint density at radius 3 is 2.11 bits per heavy atom. The second kappa shape index (κ2) is 5.87. The Bertz CT molecular complexity index is 271. The van der Waals surface area contributed by atoms with E-state index in [9.17, 15) is 20.4 Å². The van der Waals surface area contributed by atoms with E-state index < -0.39 is 18.3 Å². The van der Waals surface area contributed by atoms with Crippen molar-refractivity contribution in [3.05, 3.63) is 0 Å². The number of aliphatic hydroxyl groups excluding tert-OH is 4. The maximum atomic E-state index is 10.0. The van der Waals surface area contributed by atoms with Crippen LogP contribution in [0.4, 0.5) is 0 Å². The van der Waals surface area contributed by atoms with E-state index in [1.165, 1.54) is 0 Å². The van der Waals surface area contributed by atoms with Crippen LogP contribution in [0.1, 0.15) is 45.4 Å². The lowest BCUT2D eigenvalue weighted by atomic mass is 9.70. The van der Waals surface area contributed by atoms with E-state index in [0.29, 0.717) is 31.1 Å². The number of aliphatic hydroxyl groups is 4. The van der Waals surface area contributed by atoms with Gasteiger partial charge in [0.25, 0.3) is 0 Å². The molecule has 4 heteroatoms.